The monoisotopic (exact) mass is 289 g/mol. The highest BCUT2D eigenvalue weighted by atomic mass is 16.6. The molecular weight excluding hydrogens is 272 g/mol. The maximum atomic E-state index is 12.0. The molecule has 0 aliphatic heterocycles. The number of esters is 2. The van der Waals surface area contributed by atoms with Gasteiger partial charge < -0.3 is 9.47 Å². The van der Waals surface area contributed by atoms with E-state index in [-0.39, 0.29) is 6.54 Å². The van der Waals surface area contributed by atoms with E-state index in [1.165, 1.54) is 7.11 Å². The Morgan fingerprint density at radius 1 is 1.29 bits per heavy atom. The minimum atomic E-state index is -1.05. The van der Waals surface area contributed by atoms with E-state index in [1.807, 2.05) is 23.9 Å². The predicted molar refractivity (Wildman–Crippen MR) is 72.9 cm³/mol. The van der Waals surface area contributed by atoms with Gasteiger partial charge in [0.15, 0.2) is 6.54 Å². The van der Waals surface area contributed by atoms with Crippen molar-refractivity contribution in [1.82, 2.24) is 4.57 Å². The van der Waals surface area contributed by atoms with Crippen LogP contribution < -0.4 is 4.57 Å². The van der Waals surface area contributed by atoms with Crippen LogP contribution in [0.5, 0.6) is 0 Å². The van der Waals surface area contributed by atoms with Crippen LogP contribution in [-0.2, 0) is 32.7 Å². The normalized spacial score (nSPS) is 11.7. The molecule has 1 atom stereocenters. The van der Waals surface area contributed by atoms with Gasteiger partial charge in [-0.15, -0.1) is 0 Å². The molecule has 1 aromatic carbocycles. The minimum Gasteiger partial charge on any atom is -0.466 e. The van der Waals surface area contributed by atoms with Crippen LogP contribution in [0.1, 0.15) is 11.7 Å². The fourth-order valence-electron chi connectivity index (χ4n) is 1.90. The van der Waals surface area contributed by atoms with Gasteiger partial charge in [-0.25, -0.2) is 18.7 Å². The Balaban J connectivity index is 2.08. The van der Waals surface area contributed by atoms with Gasteiger partial charge in [-0.05, 0) is 0 Å². The lowest BCUT2D eigenvalue weighted by Crippen LogP contribution is -2.26. The second-order valence-electron chi connectivity index (χ2n) is 4.56. The average Bonchev–Trinajstić information content (AvgIpc) is 2.90. The zero-order valence-electron chi connectivity index (χ0n) is 11.9. The lowest BCUT2D eigenvalue weighted by Gasteiger charge is -2.15. The molecule has 0 N–H and O–H groups in total. The highest BCUT2D eigenvalue weighted by Gasteiger charge is 2.26. The van der Waals surface area contributed by atoms with Gasteiger partial charge in [0.05, 0.1) is 14.2 Å². The third-order valence-electron chi connectivity index (χ3n) is 2.90. The number of hydrogen-bond acceptors (Lipinski definition) is 4. The molecule has 0 fully saturated rings. The summed E-state index contributed by atoms with van der Waals surface area (Å²) < 4.78 is 13.4. The largest absolute Gasteiger partial charge is 0.466 e. The first-order valence-corrected chi connectivity index (χ1v) is 6.43. The highest BCUT2D eigenvalue weighted by Crippen LogP contribution is 2.19. The van der Waals surface area contributed by atoms with Gasteiger partial charge in [-0.1, -0.05) is 30.3 Å². The topological polar surface area (TPSA) is 61.4 Å². The van der Waals surface area contributed by atoms with Gasteiger partial charge in [-0.3, -0.25) is 0 Å². The molecule has 1 aromatic heterocycles. The van der Waals surface area contributed by atoms with Crippen molar-refractivity contribution >= 4 is 11.9 Å². The number of aromatic nitrogens is 2. The molecule has 0 saturated carbocycles. The molecule has 0 bridgehead atoms. The highest BCUT2D eigenvalue weighted by molar-refractivity contribution is 5.80. The van der Waals surface area contributed by atoms with Crippen LogP contribution >= 0.6 is 0 Å². The molecule has 0 radical (unpaired) electrons. The number of hydrogen-bond donors (Lipinski definition) is 0. The molecule has 6 heteroatoms. The number of rotatable bonds is 5. The summed E-state index contributed by atoms with van der Waals surface area (Å²) in [7, 11) is 3.11. The fourth-order valence-corrected chi connectivity index (χ4v) is 1.90. The molecule has 6 nitrogen and oxygen atoms in total. The number of benzene rings is 1. The van der Waals surface area contributed by atoms with Crippen LogP contribution in [0.4, 0.5) is 0 Å². The zero-order chi connectivity index (χ0) is 15.2. The molecule has 0 aliphatic carbocycles. The molecule has 0 amide bonds. The van der Waals surface area contributed by atoms with Crippen molar-refractivity contribution in [3.05, 3.63) is 54.6 Å². The lowest BCUT2D eigenvalue weighted by atomic mass is 10.1. The molecule has 21 heavy (non-hydrogen) atoms. The summed E-state index contributed by atoms with van der Waals surface area (Å²) in [5.74, 6) is -1.11. The fraction of sp³-hybridized carbons (Fsp3) is 0.267. The summed E-state index contributed by atoms with van der Waals surface area (Å²) in [5.41, 5.74) is 0.579. The summed E-state index contributed by atoms with van der Waals surface area (Å²) in [4.78, 5) is 23.8. The van der Waals surface area contributed by atoms with E-state index in [1.54, 1.807) is 41.4 Å². The third-order valence-corrected chi connectivity index (χ3v) is 2.90. The van der Waals surface area contributed by atoms with Gasteiger partial charge >= 0.3 is 11.9 Å². The Hall–Kier alpha value is -2.63. The van der Waals surface area contributed by atoms with E-state index < -0.39 is 18.0 Å². The Morgan fingerprint density at radius 2 is 2.00 bits per heavy atom. The molecule has 0 aliphatic rings. The number of imidazole rings is 1. The van der Waals surface area contributed by atoms with Crippen molar-refractivity contribution in [3.63, 3.8) is 0 Å². The number of carbonyl (C=O) groups is 2. The number of nitrogens with zero attached hydrogens (tertiary/aromatic N) is 2. The molecule has 2 aromatic rings. The van der Waals surface area contributed by atoms with Gasteiger partial charge in [0.25, 0.3) is 0 Å². The maximum absolute atomic E-state index is 12.0. The Bertz CT molecular complexity index is 622. The van der Waals surface area contributed by atoms with Crippen LogP contribution in [0.15, 0.2) is 49.1 Å². The SMILES string of the molecule is COC(=O)C(OC(=O)Cn1cc[n+](C)c1)c1ccccc1. The number of aryl methyl sites for hydroxylation is 1. The van der Waals surface area contributed by atoms with Gasteiger partial charge in [0.1, 0.15) is 12.4 Å². The molecule has 0 spiro atoms. The Morgan fingerprint density at radius 3 is 2.57 bits per heavy atom. The molecule has 2 rings (SSSR count). The van der Waals surface area contributed by atoms with Crippen molar-refractivity contribution < 1.29 is 23.6 Å². The summed E-state index contributed by atoms with van der Waals surface area (Å²) >= 11 is 0. The first-order valence-electron chi connectivity index (χ1n) is 6.43. The van der Waals surface area contributed by atoms with E-state index in [0.29, 0.717) is 5.56 Å². The number of ether oxygens (including phenoxy) is 2. The van der Waals surface area contributed by atoms with Crippen molar-refractivity contribution in [2.75, 3.05) is 7.11 Å². The van der Waals surface area contributed by atoms with Gasteiger partial charge in [0.2, 0.25) is 12.4 Å². The molecular formula is C15H17N2O4+. The van der Waals surface area contributed by atoms with E-state index in [4.69, 9.17) is 9.47 Å². The number of carbonyl (C=O) groups excluding carboxylic acids is 2. The first-order chi connectivity index (χ1) is 10.1. The Kier molecular flexibility index (Phi) is 4.71. The second kappa shape index (κ2) is 6.69. The summed E-state index contributed by atoms with van der Waals surface area (Å²) in [6, 6.07) is 8.78. The minimum absolute atomic E-state index is 0.0289. The number of methoxy groups -OCH3 is 1. The molecule has 1 unspecified atom stereocenters. The van der Waals surface area contributed by atoms with Crippen molar-refractivity contribution in [3.8, 4) is 0 Å². The van der Waals surface area contributed by atoms with Crippen LogP contribution in [-0.4, -0.2) is 23.6 Å². The van der Waals surface area contributed by atoms with E-state index in [9.17, 15) is 9.59 Å². The van der Waals surface area contributed by atoms with E-state index in [0.717, 1.165) is 0 Å². The smallest absolute Gasteiger partial charge is 0.351 e. The maximum Gasteiger partial charge on any atom is 0.351 e. The Labute approximate surface area is 122 Å². The summed E-state index contributed by atoms with van der Waals surface area (Å²) in [5, 5.41) is 0. The van der Waals surface area contributed by atoms with Crippen molar-refractivity contribution in [2.45, 2.75) is 12.6 Å². The van der Waals surface area contributed by atoms with E-state index >= 15 is 0 Å². The predicted octanol–water partition coefficient (Wildman–Crippen LogP) is 0.770. The quantitative estimate of drug-likeness (QED) is 0.602. The standard InChI is InChI=1S/C15H17N2O4/c1-16-8-9-17(11-16)10-13(18)21-14(15(19)20-2)12-6-4-3-5-7-12/h3-9,11,14H,10H2,1-2H3/q+1. The molecule has 0 saturated heterocycles. The van der Waals surface area contributed by atoms with Crippen LogP contribution in [0, 0.1) is 0 Å². The second-order valence-corrected chi connectivity index (χ2v) is 4.56. The zero-order valence-corrected chi connectivity index (χ0v) is 11.9. The summed E-state index contributed by atoms with van der Waals surface area (Å²) in [6.45, 7) is 0.0289. The molecule has 1 heterocycles. The van der Waals surface area contributed by atoms with Crippen molar-refractivity contribution in [2.24, 2.45) is 7.05 Å². The average molecular weight is 289 g/mol. The van der Waals surface area contributed by atoms with Crippen LogP contribution in [0.3, 0.4) is 0 Å². The molecule has 110 valence electrons. The van der Waals surface area contributed by atoms with E-state index in [2.05, 4.69) is 0 Å². The van der Waals surface area contributed by atoms with Gasteiger partial charge in [0, 0.05) is 5.56 Å². The van der Waals surface area contributed by atoms with Crippen LogP contribution in [0.25, 0.3) is 0 Å². The lowest BCUT2D eigenvalue weighted by molar-refractivity contribution is -0.671. The van der Waals surface area contributed by atoms with Crippen LogP contribution in [0.2, 0.25) is 0 Å². The third kappa shape index (κ3) is 3.92. The summed E-state index contributed by atoms with van der Waals surface area (Å²) in [6.07, 6.45) is 4.25. The first kappa shape index (κ1) is 14.8. The van der Waals surface area contributed by atoms with Gasteiger partial charge in [-0.2, -0.15) is 0 Å². The van der Waals surface area contributed by atoms with Crippen molar-refractivity contribution in [1.29, 1.82) is 0 Å².